The maximum atomic E-state index is 12.5. The molecule has 2 atom stereocenters. The number of carbonyl (C=O) groups is 1. The highest BCUT2D eigenvalue weighted by atomic mass is 16.5. The summed E-state index contributed by atoms with van der Waals surface area (Å²) in [6.07, 6.45) is 6.41. The summed E-state index contributed by atoms with van der Waals surface area (Å²) in [5, 5.41) is 7.09. The number of amides is 2. The number of urea groups is 1. The molecule has 1 aromatic carbocycles. The number of methoxy groups -OCH3 is 1. The van der Waals surface area contributed by atoms with E-state index in [2.05, 4.69) is 10.5 Å². The number of piperidine rings is 1. The van der Waals surface area contributed by atoms with E-state index in [0.717, 1.165) is 42.4 Å². The van der Waals surface area contributed by atoms with Gasteiger partial charge in [-0.1, -0.05) is 36.6 Å². The molecule has 0 unspecified atom stereocenters. The third-order valence-electron chi connectivity index (χ3n) is 5.92. The SMILES string of the molecule is COc1cccc(-c2cc(CNC(=O)N3CC[C@@H]4CCCC[C@H]4C3)on2)c1. The van der Waals surface area contributed by atoms with Crippen molar-refractivity contribution in [3.8, 4) is 17.0 Å². The van der Waals surface area contributed by atoms with E-state index in [1.54, 1.807) is 7.11 Å². The van der Waals surface area contributed by atoms with Gasteiger partial charge in [0, 0.05) is 24.7 Å². The van der Waals surface area contributed by atoms with Crippen LogP contribution >= 0.6 is 0 Å². The number of benzene rings is 1. The first kappa shape index (κ1) is 17.9. The molecule has 6 nitrogen and oxygen atoms in total. The van der Waals surface area contributed by atoms with Gasteiger partial charge in [0.25, 0.3) is 0 Å². The van der Waals surface area contributed by atoms with Crippen LogP contribution in [0, 0.1) is 11.8 Å². The summed E-state index contributed by atoms with van der Waals surface area (Å²) in [7, 11) is 1.64. The van der Waals surface area contributed by atoms with Gasteiger partial charge in [0.2, 0.25) is 0 Å². The van der Waals surface area contributed by atoms with Crippen LogP contribution in [0.15, 0.2) is 34.9 Å². The summed E-state index contributed by atoms with van der Waals surface area (Å²) < 4.78 is 10.6. The first-order chi connectivity index (χ1) is 13.2. The molecule has 27 heavy (non-hydrogen) atoms. The van der Waals surface area contributed by atoms with Crippen LogP contribution in [-0.2, 0) is 6.54 Å². The van der Waals surface area contributed by atoms with Crippen molar-refractivity contribution in [2.45, 2.75) is 38.6 Å². The lowest BCUT2D eigenvalue weighted by molar-refractivity contribution is 0.101. The number of nitrogens with one attached hydrogen (secondary N) is 1. The third kappa shape index (κ3) is 4.10. The number of nitrogens with zero attached hydrogens (tertiary/aromatic N) is 2. The Morgan fingerprint density at radius 1 is 1.26 bits per heavy atom. The summed E-state index contributed by atoms with van der Waals surface area (Å²) in [6, 6.07) is 9.53. The van der Waals surface area contributed by atoms with Gasteiger partial charge in [-0.2, -0.15) is 0 Å². The zero-order valence-corrected chi connectivity index (χ0v) is 15.8. The number of hydrogen-bond acceptors (Lipinski definition) is 4. The Bertz CT molecular complexity index is 788. The Morgan fingerprint density at radius 3 is 2.96 bits per heavy atom. The fourth-order valence-electron chi connectivity index (χ4n) is 4.37. The molecule has 1 saturated heterocycles. The minimum absolute atomic E-state index is 0.00152. The normalized spacial score (nSPS) is 22.2. The molecule has 2 aliphatic rings. The van der Waals surface area contributed by atoms with Gasteiger partial charge in [0.15, 0.2) is 5.76 Å². The van der Waals surface area contributed by atoms with E-state index in [0.29, 0.717) is 18.2 Å². The maximum Gasteiger partial charge on any atom is 0.317 e. The number of carbonyl (C=O) groups excluding carboxylic acids is 1. The highest BCUT2D eigenvalue weighted by Crippen LogP contribution is 2.36. The molecule has 1 aliphatic carbocycles. The molecule has 0 bridgehead atoms. The molecule has 2 fully saturated rings. The zero-order valence-electron chi connectivity index (χ0n) is 15.8. The number of ether oxygens (including phenoxy) is 1. The van der Waals surface area contributed by atoms with Crippen molar-refractivity contribution >= 4 is 6.03 Å². The lowest BCUT2D eigenvalue weighted by atomic mass is 9.75. The summed E-state index contributed by atoms with van der Waals surface area (Å²) in [5.41, 5.74) is 1.66. The number of hydrogen-bond donors (Lipinski definition) is 1. The van der Waals surface area contributed by atoms with E-state index >= 15 is 0 Å². The van der Waals surface area contributed by atoms with E-state index < -0.39 is 0 Å². The van der Waals surface area contributed by atoms with Gasteiger partial charge in [0.05, 0.1) is 13.7 Å². The Labute approximate surface area is 159 Å². The van der Waals surface area contributed by atoms with Crippen LogP contribution in [0.1, 0.15) is 37.9 Å². The van der Waals surface area contributed by atoms with Gasteiger partial charge in [-0.15, -0.1) is 0 Å². The number of likely N-dealkylation sites (tertiary alicyclic amines) is 1. The molecule has 2 amide bonds. The molecule has 4 rings (SSSR count). The molecule has 1 saturated carbocycles. The topological polar surface area (TPSA) is 67.6 Å². The van der Waals surface area contributed by atoms with Crippen LogP contribution in [0.2, 0.25) is 0 Å². The van der Waals surface area contributed by atoms with Crippen molar-refractivity contribution in [2.24, 2.45) is 11.8 Å². The van der Waals surface area contributed by atoms with E-state index in [4.69, 9.17) is 9.26 Å². The van der Waals surface area contributed by atoms with Gasteiger partial charge in [-0.3, -0.25) is 0 Å². The molecule has 0 spiro atoms. The van der Waals surface area contributed by atoms with Crippen molar-refractivity contribution in [1.29, 1.82) is 0 Å². The van der Waals surface area contributed by atoms with Crippen molar-refractivity contribution in [3.63, 3.8) is 0 Å². The monoisotopic (exact) mass is 369 g/mol. The van der Waals surface area contributed by atoms with Crippen molar-refractivity contribution in [2.75, 3.05) is 20.2 Å². The second kappa shape index (κ2) is 8.03. The van der Waals surface area contributed by atoms with Crippen LogP contribution < -0.4 is 10.1 Å². The Hall–Kier alpha value is -2.50. The third-order valence-corrected chi connectivity index (χ3v) is 5.92. The fourth-order valence-corrected chi connectivity index (χ4v) is 4.37. The average molecular weight is 369 g/mol. The summed E-state index contributed by atoms with van der Waals surface area (Å²) in [4.78, 5) is 14.5. The molecular formula is C21H27N3O3. The van der Waals surface area contributed by atoms with Crippen LogP contribution in [0.4, 0.5) is 4.79 Å². The number of aromatic nitrogens is 1. The molecule has 1 N–H and O–H groups in total. The number of rotatable bonds is 4. The first-order valence-electron chi connectivity index (χ1n) is 9.86. The highest BCUT2D eigenvalue weighted by Gasteiger charge is 2.32. The van der Waals surface area contributed by atoms with Crippen molar-refractivity contribution in [3.05, 3.63) is 36.1 Å². The summed E-state index contributed by atoms with van der Waals surface area (Å²) in [5.74, 6) is 2.93. The lowest BCUT2D eigenvalue weighted by Gasteiger charge is -2.41. The van der Waals surface area contributed by atoms with Crippen molar-refractivity contribution < 1.29 is 14.1 Å². The molecule has 0 radical (unpaired) electrons. The van der Waals surface area contributed by atoms with Crippen LogP contribution in [-0.4, -0.2) is 36.3 Å². The van der Waals surface area contributed by atoms with Crippen LogP contribution in [0.3, 0.4) is 0 Å². The van der Waals surface area contributed by atoms with Gasteiger partial charge in [-0.05, 0) is 36.8 Å². The zero-order chi connectivity index (χ0) is 18.6. The lowest BCUT2D eigenvalue weighted by Crippen LogP contribution is -2.48. The van der Waals surface area contributed by atoms with E-state index in [1.165, 1.54) is 25.7 Å². The smallest absolute Gasteiger partial charge is 0.317 e. The molecule has 144 valence electrons. The van der Waals surface area contributed by atoms with Crippen molar-refractivity contribution in [1.82, 2.24) is 15.4 Å². The second-order valence-electron chi connectivity index (χ2n) is 7.61. The molecule has 2 heterocycles. The Kier molecular flexibility index (Phi) is 5.32. The maximum absolute atomic E-state index is 12.5. The summed E-state index contributed by atoms with van der Waals surface area (Å²) in [6.45, 7) is 2.10. The van der Waals surface area contributed by atoms with E-state index in [-0.39, 0.29) is 6.03 Å². The molecule has 2 aromatic rings. The van der Waals surface area contributed by atoms with Gasteiger partial charge >= 0.3 is 6.03 Å². The standard InChI is InChI=1S/C21H27N3O3/c1-26-18-8-4-7-16(11-18)20-12-19(27-23-20)13-22-21(25)24-10-9-15-5-2-3-6-17(15)14-24/h4,7-8,11-12,15,17H,2-3,5-6,9-10,13-14H2,1H3,(H,22,25)/t15-,17-/m0/s1. The largest absolute Gasteiger partial charge is 0.497 e. The van der Waals surface area contributed by atoms with Crippen LogP contribution in [0.5, 0.6) is 5.75 Å². The average Bonchev–Trinajstić information content (AvgIpc) is 3.21. The minimum Gasteiger partial charge on any atom is -0.497 e. The minimum atomic E-state index is -0.00152. The molecule has 1 aromatic heterocycles. The van der Waals surface area contributed by atoms with Gasteiger partial charge < -0.3 is 19.5 Å². The fraction of sp³-hybridized carbons (Fsp3) is 0.524. The molecular weight excluding hydrogens is 342 g/mol. The summed E-state index contributed by atoms with van der Waals surface area (Å²) >= 11 is 0. The van der Waals surface area contributed by atoms with Crippen LogP contribution in [0.25, 0.3) is 11.3 Å². The quantitative estimate of drug-likeness (QED) is 0.882. The first-order valence-corrected chi connectivity index (χ1v) is 9.86. The molecule has 1 aliphatic heterocycles. The Balaban J connectivity index is 1.32. The van der Waals surface area contributed by atoms with Gasteiger partial charge in [0.1, 0.15) is 11.4 Å². The predicted molar refractivity (Wildman–Crippen MR) is 102 cm³/mol. The van der Waals surface area contributed by atoms with Gasteiger partial charge in [-0.25, -0.2) is 4.79 Å². The molecule has 6 heteroatoms. The second-order valence-corrected chi connectivity index (χ2v) is 7.61. The predicted octanol–water partition coefficient (Wildman–Crippen LogP) is 4.07. The Morgan fingerprint density at radius 2 is 2.11 bits per heavy atom. The highest BCUT2D eigenvalue weighted by molar-refractivity contribution is 5.74. The number of fused-ring (bicyclic) bond motifs is 1. The van der Waals surface area contributed by atoms with E-state index in [1.807, 2.05) is 35.2 Å². The van der Waals surface area contributed by atoms with E-state index in [9.17, 15) is 4.79 Å².